The molecule has 2 aromatic carbocycles. The molecule has 4 rings (SSSR count). The van der Waals surface area contributed by atoms with Gasteiger partial charge in [-0.2, -0.15) is 26.3 Å². The Balaban J connectivity index is 1.56. The molecule has 6 nitrogen and oxygen atoms in total. The second kappa shape index (κ2) is 12.6. The minimum absolute atomic E-state index is 0.0263. The van der Waals surface area contributed by atoms with E-state index in [1.165, 1.54) is 11.9 Å². The maximum atomic E-state index is 13.5. The SMILES string of the molecule is Cc1ccc([C@@H]2CN(C3CCN(C(=O)OC(C)(C)C)CC3)CC[C@H]2N(C)C(=O)c2cc(C(F)(F)F)cc(C(F)(F)F)c2)cc1. The molecular formula is C32H39F6N3O3. The summed E-state index contributed by atoms with van der Waals surface area (Å²) < 4.78 is 86.5. The maximum Gasteiger partial charge on any atom is 0.416 e. The minimum atomic E-state index is -5.05. The molecule has 0 bridgehead atoms. The lowest BCUT2D eigenvalue weighted by Gasteiger charge is -2.47. The van der Waals surface area contributed by atoms with Crippen LogP contribution < -0.4 is 0 Å². The highest BCUT2D eigenvalue weighted by Crippen LogP contribution is 2.38. The number of hydrogen-bond acceptors (Lipinski definition) is 4. The van der Waals surface area contributed by atoms with E-state index in [1.54, 1.807) is 4.90 Å². The summed E-state index contributed by atoms with van der Waals surface area (Å²) >= 11 is 0. The van der Waals surface area contributed by atoms with Crippen LogP contribution in [0.5, 0.6) is 0 Å². The Kier molecular flexibility index (Phi) is 9.63. The number of aryl methyl sites for hydroxylation is 1. The molecule has 0 saturated carbocycles. The number of carbonyl (C=O) groups is 2. The predicted molar refractivity (Wildman–Crippen MR) is 153 cm³/mol. The Bertz CT molecular complexity index is 1300. The minimum Gasteiger partial charge on any atom is -0.444 e. The van der Waals surface area contributed by atoms with Gasteiger partial charge in [-0.15, -0.1) is 0 Å². The van der Waals surface area contributed by atoms with Crippen LogP contribution >= 0.6 is 0 Å². The van der Waals surface area contributed by atoms with Crippen molar-refractivity contribution < 1.29 is 40.7 Å². The van der Waals surface area contributed by atoms with Crippen molar-refractivity contribution in [3.05, 3.63) is 70.3 Å². The summed E-state index contributed by atoms with van der Waals surface area (Å²) in [5.41, 5.74) is -2.34. The van der Waals surface area contributed by atoms with Crippen LogP contribution in [0.15, 0.2) is 42.5 Å². The quantitative estimate of drug-likeness (QED) is 0.333. The number of hydrogen-bond donors (Lipinski definition) is 0. The van der Waals surface area contributed by atoms with Crippen LogP contribution in [-0.4, -0.2) is 77.6 Å². The number of amides is 2. The number of halogens is 6. The van der Waals surface area contributed by atoms with Gasteiger partial charge < -0.3 is 14.5 Å². The van der Waals surface area contributed by atoms with Crippen LogP contribution in [0.25, 0.3) is 0 Å². The van der Waals surface area contributed by atoms with Gasteiger partial charge in [-0.05, 0) is 70.7 Å². The van der Waals surface area contributed by atoms with Crippen molar-refractivity contribution in [3.63, 3.8) is 0 Å². The van der Waals surface area contributed by atoms with Crippen LogP contribution in [-0.2, 0) is 17.1 Å². The first kappa shape index (κ1) is 33.6. The average molecular weight is 628 g/mol. The van der Waals surface area contributed by atoms with Gasteiger partial charge in [0, 0.05) is 56.8 Å². The summed E-state index contributed by atoms with van der Waals surface area (Å²) in [5, 5.41) is 0. The third-order valence-electron chi connectivity index (χ3n) is 8.40. The molecule has 0 spiro atoms. The molecule has 242 valence electrons. The molecule has 2 aliphatic heterocycles. The summed E-state index contributed by atoms with van der Waals surface area (Å²) in [6.07, 6.45) is -8.53. The van der Waals surface area contributed by atoms with Crippen molar-refractivity contribution in [1.82, 2.24) is 14.7 Å². The summed E-state index contributed by atoms with van der Waals surface area (Å²) in [4.78, 5) is 31.4. The van der Waals surface area contributed by atoms with Crippen molar-refractivity contribution in [3.8, 4) is 0 Å². The molecular weight excluding hydrogens is 588 g/mol. The van der Waals surface area contributed by atoms with Gasteiger partial charge in [-0.25, -0.2) is 4.79 Å². The summed E-state index contributed by atoms with van der Waals surface area (Å²) in [7, 11) is 1.44. The molecule has 2 fully saturated rings. The molecule has 0 radical (unpaired) electrons. The topological polar surface area (TPSA) is 53.1 Å². The Morgan fingerprint density at radius 3 is 1.89 bits per heavy atom. The predicted octanol–water partition coefficient (Wildman–Crippen LogP) is 7.36. The number of alkyl halides is 6. The van der Waals surface area contributed by atoms with Gasteiger partial charge in [0.25, 0.3) is 5.91 Å². The fraction of sp³-hybridized carbons (Fsp3) is 0.562. The standard InChI is InChI=1S/C32H39F6N3O3/c1-20-6-8-21(9-7-20)26-19-41(25-10-13-40(14-11-25)29(43)44-30(2,3)4)15-12-27(26)39(5)28(42)22-16-23(31(33,34)35)18-24(17-22)32(36,37)38/h6-9,16-18,25-27H,10-15,19H2,1-5H3/t26-,27+/m0/s1. The summed E-state index contributed by atoms with van der Waals surface area (Å²) in [5.74, 6) is -1.14. The number of likely N-dealkylation sites (tertiary alicyclic amines) is 2. The van der Waals surface area contributed by atoms with Gasteiger partial charge in [0.2, 0.25) is 0 Å². The molecule has 12 heteroatoms. The van der Waals surface area contributed by atoms with Gasteiger partial charge in [0.15, 0.2) is 0 Å². The number of nitrogens with zero attached hydrogens (tertiary/aromatic N) is 3. The van der Waals surface area contributed by atoms with Gasteiger partial charge in [-0.1, -0.05) is 29.8 Å². The zero-order valence-corrected chi connectivity index (χ0v) is 25.6. The number of carbonyl (C=O) groups excluding carboxylic acids is 2. The first-order valence-electron chi connectivity index (χ1n) is 14.7. The highest BCUT2D eigenvalue weighted by atomic mass is 19.4. The first-order valence-corrected chi connectivity index (χ1v) is 14.7. The molecule has 2 heterocycles. The highest BCUT2D eigenvalue weighted by molar-refractivity contribution is 5.95. The lowest BCUT2D eigenvalue weighted by Crippen LogP contribution is -2.55. The zero-order valence-electron chi connectivity index (χ0n) is 25.6. The summed E-state index contributed by atoms with van der Waals surface area (Å²) in [6, 6.07) is 8.49. The van der Waals surface area contributed by atoms with E-state index in [2.05, 4.69) is 4.90 Å². The second-order valence-corrected chi connectivity index (χ2v) is 12.8. The van der Waals surface area contributed by atoms with Gasteiger partial charge in [0.05, 0.1) is 11.1 Å². The molecule has 2 aromatic rings. The number of ether oxygens (including phenoxy) is 1. The number of likely N-dealkylation sites (N-methyl/N-ethyl adjacent to an activating group) is 1. The van der Waals surface area contributed by atoms with Crippen LogP contribution in [0.1, 0.15) is 78.6 Å². The van der Waals surface area contributed by atoms with Crippen molar-refractivity contribution >= 4 is 12.0 Å². The molecule has 2 saturated heterocycles. The number of rotatable bonds is 4. The molecule has 0 N–H and O–H groups in total. The fourth-order valence-corrected chi connectivity index (χ4v) is 6.07. The van der Waals surface area contributed by atoms with E-state index in [0.717, 1.165) is 24.0 Å². The molecule has 2 amide bonds. The molecule has 0 aromatic heterocycles. The Morgan fingerprint density at radius 2 is 1.39 bits per heavy atom. The van der Waals surface area contributed by atoms with Crippen LogP contribution in [0.2, 0.25) is 0 Å². The smallest absolute Gasteiger partial charge is 0.416 e. The summed E-state index contributed by atoms with van der Waals surface area (Å²) in [6.45, 7) is 9.57. The van der Waals surface area contributed by atoms with E-state index in [9.17, 15) is 35.9 Å². The second-order valence-electron chi connectivity index (χ2n) is 12.8. The average Bonchev–Trinajstić information content (AvgIpc) is 2.94. The van der Waals surface area contributed by atoms with E-state index >= 15 is 0 Å². The van der Waals surface area contributed by atoms with E-state index in [-0.39, 0.29) is 24.1 Å². The van der Waals surface area contributed by atoms with E-state index < -0.39 is 46.6 Å². The van der Waals surface area contributed by atoms with Crippen LogP contribution in [0, 0.1) is 6.92 Å². The largest absolute Gasteiger partial charge is 0.444 e. The molecule has 0 aliphatic carbocycles. The van der Waals surface area contributed by atoms with E-state index in [4.69, 9.17) is 4.74 Å². The zero-order chi connectivity index (χ0) is 32.6. The van der Waals surface area contributed by atoms with Crippen LogP contribution in [0.3, 0.4) is 0 Å². The van der Waals surface area contributed by atoms with Crippen LogP contribution in [0.4, 0.5) is 31.1 Å². The fourth-order valence-electron chi connectivity index (χ4n) is 6.07. The lowest BCUT2D eigenvalue weighted by atomic mass is 9.83. The molecule has 0 unspecified atom stereocenters. The third kappa shape index (κ3) is 8.05. The Labute approximate surface area is 253 Å². The lowest BCUT2D eigenvalue weighted by molar-refractivity contribution is -0.143. The van der Waals surface area contributed by atoms with Crippen molar-refractivity contribution in [1.29, 1.82) is 0 Å². The molecule has 44 heavy (non-hydrogen) atoms. The molecule has 2 atom stereocenters. The number of piperidine rings is 2. The Morgan fingerprint density at radius 1 is 0.841 bits per heavy atom. The molecule has 2 aliphatic rings. The first-order chi connectivity index (χ1) is 20.3. The maximum absolute atomic E-state index is 13.5. The third-order valence-corrected chi connectivity index (χ3v) is 8.40. The van der Waals surface area contributed by atoms with Crippen molar-refractivity contribution in [2.24, 2.45) is 0 Å². The number of benzene rings is 2. The monoisotopic (exact) mass is 627 g/mol. The van der Waals surface area contributed by atoms with Gasteiger partial charge >= 0.3 is 18.4 Å². The van der Waals surface area contributed by atoms with Crippen molar-refractivity contribution in [2.75, 3.05) is 33.2 Å². The highest BCUT2D eigenvalue weighted by Gasteiger charge is 2.41. The van der Waals surface area contributed by atoms with Gasteiger partial charge in [0.1, 0.15) is 5.60 Å². The normalized spacial score (nSPS) is 20.8. The van der Waals surface area contributed by atoms with Gasteiger partial charge in [-0.3, -0.25) is 9.69 Å². The Hall–Kier alpha value is -3.28. The van der Waals surface area contributed by atoms with E-state index in [1.807, 2.05) is 52.0 Å². The van der Waals surface area contributed by atoms with Crippen molar-refractivity contribution in [2.45, 2.75) is 82.9 Å². The van der Waals surface area contributed by atoms with E-state index in [0.29, 0.717) is 44.7 Å².